The first-order chi connectivity index (χ1) is 12.6. The second kappa shape index (κ2) is 7.83. The lowest BCUT2D eigenvalue weighted by Gasteiger charge is -2.31. The summed E-state index contributed by atoms with van der Waals surface area (Å²) in [5.74, 6) is -0.213. The number of amides is 2. The van der Waals surface area contributed by atoms with Gasteiger partial charge in [-0.2, -0.15) is 5.26 Å². The van der Waals surface area contributed by atoms with Crippen molar-refractivity contribution in [3.63, 3.8) is 0 Å². The number of nitrogens with zero attached hydrogens (tertiary/aromatic N) is 2. The van der Waals surface area contributed by atoms with Crippen molar-refractivity contribution in [2.75, 3.05) is 18.4 Å². The van der Waals surface area contributed by atoms with Crippen LogP contribution in [0.1, 0.15) is 34.3 Å². The largest absolute Gasteiger partial charge is 0.339 e. The van der Waals surface area contributed by atoms with E-state index >= 15 is 0 Å². The van der Waals surface area contributed by atoms with Crippen LogP contribution in [0.2, 0.25) is 0 Å². The van der Waals surface area contributed by atoms with Gasteiger partial charge in [0.25, 0.3) is 5.91 Å². The Morgan fingerprint density at radius 3 is 2.42 bits per heavy atom. The summed E-state index contributed by atoms with van der Waals surface area (Å²) in [6.07, 6.45) is 1.25. The summed E-state index contributed by atoms with van der Waals surface area (Å²) < 4.78 is 0. The lowest BCUT2D eigenvalue weighted by Crippen LogP contribution is -2.41. The number of rotatable bonds is 3. The molecule has 3 rings (SSSR count). The number of hydrogen-bond donors (Lipinski definition) is 1. The van der Waals surface area contributed by atoms with Gasteiger partial charge in [0, 0.05) is 24.6 Å². The fourth-order valence-electron chi connectivity index (χ4n) is 3.25. The van der Waals surface area contributed by atoms with Crippen LogP contribution in [0.4, 0.5) is 5.69 Å². The van der Waals surface area contributed by atoms with Crippen LogP contribution in [0.5, 0.6) is 0 Å². The standard InChI is InChI=1S/C21H21N3O2/c1-15-6-2-4-8-18(15)21(26)24-12-10-16(11-13-24)20(25)23-19-9-5-3-7-17(19)14-22/h2-9,16H,10-13H2,1H3,(H,23,25). The minimum atomic E-state index is -0.150. The maximum absolute atomic E-state index is 12.7. The number of anilines is 1. The fourth-order valence-corrected chi connectivity index (χ4v) is 3.25. The minimum absolute atomic E-state index is 0.0248. The average molecular weight is 347 g/mol. The molecule has 0 unspecified atom stereocenters. The van der Waals surface area contributed by atoms with Crippen LogP contribution in [0.3, 0.4) is 0 Å². The van der Waals surface area contributed by atoms with E-state index in [0.717, 1.165) is 11.1 Å². The Morgan fingerprint density at radius 2 is 1.73 bits per heavy atom. The molecular formula is C21H21N3O2. The Bertz CT molecular complexity index is 862. The smallest absolute Gasteiger partial charge is 0.254 e. The van der Waals surface area contributed by atoms with Gasteiger partial charge in [0.1, 0.15) is 6.07 Å². The normalized spacial score (nSPS) is 14.5. The predicted molar refractivity (Wildman–Crippen MR) is 99.6 cm³/mol. The molecule has 5 heteroatoms. The minimum Gasteiger partial charge on any atom is -0.339 e. The van der Waals surface area contributed by atoms with Crippen molar-refractivity contribution >= 4 is 17.5 Å². The van der Waals surface area contributed by atoms with Crippen molar-refractivity contribution in [1.82, 2.24) is 4.90 Å². The topological polar surface area (TPSA) is 73.2 Å². The van der Waals surface area contributed by atoms with Crippen molar-refractivity contribution in [2.45, 2.75) is 19.8 Å². The van der Waals surface area contributed by atoms with Gasteiger partial charge in [0.15, 0.2) is 0 Å². The Morgan fingerprint density at radius 1 is 1.08 bits per heavy atom. The lowest BCUT2D eigenvalue weighted by molar-refractivity contribution is -0.121. The highest BCUT2D eigenvalue weighted by molar-refractivity contribution is 5.96. The van der Waals surface area contributed by atoms with Gasteiger partial charge in [-0.3, -0.25) is 9.59 Å². The second-order valence-electron chi connectivity index (χ2n) is 6.53. The van der Waals surface area contributed by atoms with Crippen LogP contribution in [0.25, 0.3) is 0 Å². The van der Waals surface area contributed by atoms with Gasteiger partial charge in [-0.25, -0.2) is 0 Å². The van der Waals surface area contributed by atoms with Crippen molar-refractivity contribution < 1.29 is 9.59 Å². The second-order valence-corrected chi connectivity index (χ2v) is 6.53. The number of piperidine rings is 1. The Balaban J connectivity index is 1.60. The first-order valence-corrected chi connectivity index (χ1v) is 8.75. The molecule has 132 valence electrons. The molecule has 1 heterocycles. The monoisotopic (exact) mass is 347 g/mol. The zero-order valence-electron chi connectivity index (χ0n) is 14.7. The van der Waals surface area contributed by atoms with Gasteiger partial charge in [-0.15, -0.1) is 0 Å². The first-order valence-electron chi connectivity index (χ1n) is 8.75. The van der Waals surface area contributed by atoms with Crippen LogP contribution < -0.4 is 5.32 Å². The van der Waals surface area contributed by atoms with Crippen LogP contribution in [0.15, 0.2) is 48.5 Å². The van der Waals surface area contributed by atoms with Crippen molar-refractivity contribution in [3.05, 3.63) is 65.2 Å². The van der Waals surface area contributed by atoms with Gasteiger partial charge in [0.05, 0.1) is 11.3 Å². The van der Waals surface area contributed by atoms with Gasteiger partial charge in [-0.05, 0) is 43.5 Å². The van der Waals surface area contributed by atoms with Crippen LogP contribution >= 0.6 is 0 Å². The third kappa shape index (κ3) is 3.75. The Hall–Kier alpha value is -3.13. The number of nitriles is 1. The third-order valence-corrected chi connectivity index (χ3v) is 4.83. The molecule has 2 aromatic carbocycles. The van der Waals surface area contributed by atoms with E-state index in [4.69, 9.17) is 5.26 Å². The predicted octanol–water partition coefficient (Wildman–Crippen LogP) is 3.36. The number of para-hydroxylation sites is 1. The van der Waals surface area contributed by atoms with Gasteiger partial charge in [-0.1, -0.05) is 30.3 Å². The molecule has 0 radical (unpaired) electrons. The summed E-state index contributed by atoms with van der Waals surface area (Å²) in [6, 6.07) is 16.6. The van der Waals surface area contributed by atoms with E-state index < -0.39 is 0 Å². The van der Waals surface area contributed by atoms with E-state index in [1.165, 1.54) is 0 Å². The summed E-state index contributed by atoms with van der Waals surface area (Å²) in [5, 5.41) is 12.0. The molecule has 1 fully saturated rings. The van der Waals surface area contributed by atoms with Gasteiger partial charge < -0.3 is 10.2 Å². The summed E-state index contributed by atoms with van der Waals surface area (Å²) >= 11 is 0. The molecular weight excluding hydrogens is 326 g/mol. The van der Waals surface area contributed by atoms with E-state index in [2.05, 4.69) is 11.4 Å². The highest BCUT2D eigenvalue weighted by Crippen LogP contribution is 2.23. The van der Waals surface area contributed by atoms with Crippen molar-refractivity contribution in [3.8, 4) is 6.07 Å². The molecule has 2 amide bonds. The lowest BCUT2D eigenvalue weighted by atomic mass is 9.94. The maximum Gasteiger partial charge on any atom is 0.254 e. The molecule has 26 heavy (non-hydrogen) atoms. The third-order valence-electron chi connectivity index (χ3n) is 4.83. The highest BCUT2D eigenvalue weighted by Gasteiger charge is 2.28. The van der Waals surface area contributed by atoms with Gasteiger partial charge >= 0.3 is 0 Å². The zero-order valence-corrected chi connectivity index (χ0v) is 14.7. The van der Waals surface area contributed by atoms with Crippen LogP contribution in [0, 0.1) is 24.2 Å². The van der Waals surface area contributed by atoms with E-state index in [0.29, 0.717) is 37.2 Å². The molecule has 5 nitrogen and oxygen atoms in total. The number of aryl methyl sites for hydroxylation is 1. The zero-order chi connectivity index (χ0) is 18.5. The Labute approximate surface area is 153 Å². The number of benzene rings is 2. The van der Waals surface area contributed by atoms with Gasteiger partial charge in [0.2, 0.25) is 5.91 Å². The number of likely N-dealkylation sites (tertiary alicyclic amines) is 1. The molecule has 0 saturated carbocycles. The summed E-state index contributed by atoms with van der Waals surface area (Å²) in [7, 11) is 0. The summed E-state index contributed by atoms with van der Waals surface area (Å²) in [6.45, 7) is 3.05. The first kappa shape index (κ1) is 17.7. The highest BCUT2D eigenvalue weighted by atomic mass is 16.2. The van der Waals surface area contributed by atoms with E-state index in [1.54, 1.807) is 24.3 Å². The molecule has 0 atom stereocenters. The van der Waals surface area contributed by atoms with E-state index in [1.807, 2.05) is 36.1 Å². The molecule has 0 aliphatic carbocycles. The molecule has 0 bridgehead atoms. The van der Waals surface area contributed by atoms with E-state index in [-0.39, 0.29) is 17.7 Å². The molecule has 2 aromatic rings. The quantitative estimate of drug-likeness (QED) is 0.925. The number of carbonyl (C=O) groups excluding carboxylic acids is 2. The van der Waals surface area contributed by atoms with E-state index in [9.17, 15) is 9.59 Å². The molecule has 1 aliphatic heterocycles. The molecule has 1 N–H and O–H groups in total. The molecule has 0 spiro atoms. The fraction of sp³-hybridized carbons (Fsp3) is 0.286. The Kier molecular flexibility index (Phi) is 5.33. The number of hydrogen-bond acceptors (Lipinski definition) is 3. The molecule has 0 aromatic heterocycles. The maximum atomic E-state index is 12.7. The van der Waals surface area contributed by atoms with Crippen molar-refractivity contribution in [1.29, 1.82) is 5.26 Å². The SMILES string of the molecule is Cc1ccccc1C(=O)N1CCC(C(=O)Nc2ccccc2C#N)CC1. The summed E-state index contributed by atoms with van der Waals surface area (Å²) in [5.41, 5.74) is 2.68. The van der Waals surface area contributed by atoms with Crippen molar-refractivity contribution in [2.24, 2.45) is 5.92 Å². The number of nitrogens with one attached hydrogen (secondary N) is 1. The average Bonchev–Trinajstić information content (AvgIpc) is 2.68. The molecule has 1 aliphatic rings. The van der Waals surface area contributed by atoms with Crippen LogP contribution in [-0.4, -0.2) is 29.8 Å². The van der Waals surface area contributed by atoms with Crippen LogP contribution in [-0.2, 0) is 4.79 Å². The number of carbonyl (C=O) groups is 2. The summed E-state index contributed by atoms with van der Waals surface area (Å²) in [4.78, 5) is 27.0. The molecule has 1 saturated heterocycles.